The number of thioether (sulfide) groups is 1. The molecule has 0 N–H and O–H groups in total. The summed E-state index contributed by atoms with van der Waals surface area (Å²) in [7, 11) is 0. The molecule has 0 amide bonds. The van der Waals surface area contributed by atoms with Crippen LogP contribution < -0.4 is 0 Å². The van der Waals surface area contributed by atoms with E-state index in [0.717, 1.165) is 18.6 Å². The van der Waals surface area contributed by atoms with Crippen LogP contribution in [-0.4, -0.2) is 16.3 Å². The second-order valence-corrected chi connectivity index (χ2v) is 6.60. The van der Waals surface area contributed by atoms with Gasteiger partial charge in [-0.1, -0.05) is 24.3 Å². The molecule has 2 heteroatoms. The van der Waals surface area contributed by atoms with Gasteiger partial charge in [-0.15, -0.1) is 11.8 Å². The van der Waals surface area contributed by atoms with Crippen molar-refractivity contribution in [2.75, 3.05) is 5.75 Å². The number of benzene rings is 1. The molecule has 84 valence electrons. The molecule has 1 aromatic carbocycles. The summed E-state index contributed by atoms with van der Waals surface area (Å²) in [6.45, 7) is 2.13. The van der Waals surface area contributed by atoms with E-state index in [2.05, 4.69) is 25.1 Å². The highest BCUT2D eigenvalue weighted by Gasteiger charge is 2.44. The van der Waals surface area contributed by atoms with Crippen LogP contribution in [0.3, 0.4) is 0 Å². The zero-order valence-electron chi connectivity index (χ0n) is 9.53. The van der Waals surface area contributed by atoms with Crippen molar-refractivity contribution in [1.82, 2.24) is 0 Å². The van der Waals surface area contributed by atoms with Gasteiger partial charge in [0.05, 0.1) is 4.75 Å². The van der Waals surface area contributed by atoms with Gasteiger partial charge in [-0.05, 0) is 43.1 Å². The molecule has 0 radical (unpaired) electrons. The van der Waals surface area contributed by atoms with Crippen LogP contribution in [0.1, 0.15) is 36.8 Å². The van der Waals surface area contributed by atoms with E-state index >= 15 is 0 Å². The Balaban J connectivity index is 1.84. The first-order valence-electron chi connectivity index (χ1n) is 5.97. The van der Waals surface area contributed by atoms with E-state index in [1.165, 1.54) is 17.5 Å². The Hall–Kier alpha value is -0.760. The van der Waals surface area contributed by atoms with E-state index in [9.17, 15) is 4.79 Å². The molecule has 16 heavy (non-hydrogen) atoms. The lowest BCUT2D eigenvalue weighted by Gasteiger charge is -2.34. The van der Waals surface area contributed by atoms with Crippen LogP contribution in [-0.2, 0) is 11.2 Å². The maximum absolute atomic E-state index is 12.5. The lowest BCUT2D eigenvalue weighted by atomic mass is 9.72. The molecule has 2 aliphatic rings. The zero-order valence-corrected chi connectivity index (χ0v) is 10.3. The monoisotopic (exact) mass is 232 g/mol. The fraction of sp³-hybridized carbons (Fsp3) is 0.500. The summed E-state index contributed by atoms with van der Waals surface area (Å²) in [5.74, 6) is 1.80. The average molecular weight is 232 g/mol. The van der Waals surface area contributed by atoms with Crippen LogP contribution in [0.4, 0.5) is 0 Å². The number of Topliss-reactive ketones (excluding diaryl/α,β-unsaturated/α-hetero) is 1. The standard InChI is InChI=1S/C14H16OS/c1-14(7-4-8-16-14)13(15)12-9-10-5-2-3-6-11(10)12/h2-3,5-6,12H,4,7-9H2,1H3. The molecule has 1 heterocycles. The molecule has 2 atom stereocenters. The lowest BCUT2D eigenvalue weighted by Crippen LogP contribution is -2.38. The Kier molecular flexibility index (Phi) is 2.36. The smallest absolute Gasteiger partial charge is 0.156 e. The molecule has 3 rings (SSSR count). The third kappa shape index (κ3) is 1.43. The third-order valence-corrected chi connectivity index (χ3v) is 5.45. The fourth-order valence-electron chi connectivity index (χ4n) is 2.83. The second-order valence-electron chi connectivity index (χ2n) is 5.00. The second kappa shape index (κ2) is 3.63. The molecule has 0 spiro atoms. The van der Waals surface area contributed by atoms with Crippen molar-refractivity contribution in [3.63, 3.8) is 0 Å². The van der Waals surface area contributed by atoms with Crippen LogP contribution in [0, 0.1) is 0 Å². The van der Waals surface area contributed by atoms with Gasteiger partial charge in [0.25, 0.3) is 0 Å². The Labute approximate surface area is 101 Å². The van der Waals surface area contributed by atoms with Crippen LogP contribution in [0.25, 0.3) is 0 Å². The Morgan fingerprint density at radius 1 is 1.44 bits per heavy atom. The number of hydrogen-bond donors (Lipinski definition) is 0. The van der Waals surface area contributed by atoms with E-state index in [1.54, 1.807) is 0 Å². The van der Waals surface area contributed by atoms with Gasteiger partial charge in [0.15, 0.2) is 5.78 Å². The summed E-state index contributed by atoms with van der Waals surface area (Å²) in [5, 5.41) is 0. The largest absolute Gasteiger partial charge is 0.297 e. The van der Waals surface area contributed by atoms with E-state index in [0.29, 0.717) is 5.78 Å². The molecule has 2 unspecified atom stereocenters. The third-order valence-electron chi connectivity index (χ3n) is 3.91. The van der Waals surface area contributed by atoms with Gasteiger partial charge in [-0.2, -0.15) is 0 Å². The minimum Gasteiger partial charge on any atom is -0.297 e. The summed E-state index contributed by atoms with van der Waals surface area (Å²) in [6, 6.07) is 8.36. The minimum atomic E-state index is -0.0990. The first-order chi connectivity index (χ1) is 7.71. The predicted molar refractivity (Wildman–Crippen MR) is 68.0 cm³/mol. The average Bonchev–Trinajstić information content (AvgIpc) is 2.68. The van der Waals surface area contributed by atoms with Crippen LogP contribution in [0.15, 0.2) is 24.3 Å². The van der Waals surface area contributed by atoms with E-state index in [4.69, 9.17) is 0 Å². The molecule has 1 aliphatic carbocycles. The first-order valence-corrected chi connectivity index (χ1v) is 6.95. The summed E-state index contributed by atoms with van der Waals surface area (Å²) < 4.78 is -0.0990. The Bertz CT molecular complexity index is 432. The molecule has 1 aliphatic heterocycles. The van der Waals surface area contributed by atoms with Gasteiger partial charge in [0.2, 0.25) is 0 Å². The van der Waals surface area contributed by atoms with Gasteiger partial charge in [0.1, 0.15) is 0 Å². The van der Waals surface area contributed by atoms with Crippen LogP contribution in [0.2, 0.25) is 0 Å². The molecule has 1 fully saturated rings. The fourth-order valence-corrected chi connectivity index (χ4v) is 4.15. The van der Waals surface area contributed by atoms with Gasteiger partial charge in [0, 0.05) is 5.92 Å². The maximum atomic E-state index is 12.5. The van der Waals surface area contributed by atoms with Crippen LogP contribution >= 0.6 is 11.8 Å². The number of hydrogen-bond acceptors (Lipinski definition) is 2. The topological polar surface area (TPSA) is 17.1 Å². The van der Waals surface area contributed by atoms with Gasteiger partial charge in [-0.25, -0.2) is 0 Å². The summed E-state index contributed by atoms with van der Waals surface area (Å²) in [5.41, 5.74) is 2.65. The number of carbonyl (C=O) groups is 1. The highest BCUT2D eigenvalue weighted by Crippen LogP contribution is 2.46. The molecule has 1 aromatic rings. The van der Waals surface area contributed by atoms with Gasteiger partial charge >= 0.3 is 0 Å². The molecule has 0 aromatic heterocycles. The predicted octanol–water partition coefficient (Wildman–Crippen LogP) is 3.18. The van der Waals surface area contributed by atoms with Crippen LogP contribution in [0.5, 0.6) is 0 Å². The molecule has 0 saturated carbocycles. The molecular formula is C14H16OS. The number of fused-ring (bicyclic) bond motifs is 1. The highest BCUT2D eigenvalue weighted by molar-refractivity contribution is 8.01. The molecule has 1 nitrogen and oxygen atoms in total. The van der Waals surface area contributed by atoms with E-state index < -0.39 is 0 Å². The van der Waals surface area contributed by atoms with Crippen molar-refractivity contribution >= 4 is 17.5 Å². The van der Waals surface area contributed by atoms with Crippen molar-refractivity contribution in [3.8, 4) is 0 Å². The minimum absolute atomic E-state index is 0.0990. The van der Waals surface area contributed by atoms with E-state index in [-0.39, 0.29) is 10.7 Å². The van der Waals surface area contributed by atoms with Crippen molar-refractivity contribution in [2.45, 2.75) is 36.9 Å². The summed E-state index contributed by atoms with van der Waals surface area (Å²) >= 11 is 1.86. The van der Waals surface area contributed by atoms with Crippen molar-refractivity contribution < 1.29 is 4.79 Å². The normalized spacial score (nSPS) is 31.9. The Morgan fingerprint density at radius 2 is 2.25 bits per heavy atom. The Morgan fingerprint density at radius 3 is 2.94 bits per heavy atom. The molecule has 1 saturated heterocycles. The van der Waals surface area contributed by atoms with Crippen molar-refractivity contribution in [3.05, 3.63) is 35.4 Å². The maximum Gasteiger partial charge on any atom is 0.156 e. The SMILES string of the molecule is CC1(C(=O)C2Cc3ccccc32)CCCS1. The summed E-state index contributed by atoms with van der Waals surface area (Å²) in [6.07, 6.45) is 3.22. The number of rotatable bonds is 2. The molecular weight excluding hydrogens is 216 g/mol. The molecule has 0 bridgehead atoms. The number of carbonyl (C=O) groups excluding carboxylic acids is 1. The van der Waals surface area contributed by atoms with Crippen molar-refractivity contribution in [2.24, 2.45) is 0 Å². The first kappa shape index (κ1) is 10.4. The van der Waals surface area contributed by atoms with Crippen molar-refractivity contribution in [1.29, 1.82) is 0 Å². The number of ketones is 1. The highest BCUT2D eigenvalue weighted by atomic mass is 32.2. The quantitative estimate of drug-likeness (QED) is 0.779. The zero-order chi connectivity index (χ0) is 11.2. The lowest BCUT2D eigenvalue weighted by molar-refractivity contribution is -0.123. The van der Waals surface area contributed by atoms with E-state index in [1.807, 2.05) is 17.8 Å². The van der Waals surface area contributed by atoms with Gasteiger partial charge < -0.3 is 0 Å². The van der Waals surface area contributed by atoms with Gasteiger partial charge in [-0.3, -0.25) is 4.79 Å². The summed E-state index contributed by atoms with van der Waals surface area (Å²) in [4.78, 5) is 12.5.